The fourth-order valence-electron chi connectivity index (χ4n) is 2.54. The topological polar surface area (TPSA) is 58.6 Å². The van der Waals surface area contributed by atoms with Crippen molar-refractivity contribution in [1.82, 2.24) is 0 Å². The Morgan fingerprint density at radius 2 is 1.91 bits per heavy atom. The SMILES string of the molecule is O=C1CCc2cc(OCC(O)c3c(F)cccc3F)ccc2N1. The first-order valence-corrected chi connectivity index (χ1v) is 7.22. The number of amides is 1. The van der Waals surface area contributed by atoms with E-state index in [2.05, 4.69) is 5.32 Å². The number of benzene rings is 2. The number of aryl methyl sites for hydroxylation is 1. The zero-order valence-corrected chi connectivity index (χ0v) is 12.2. The van der Waals surface area contributed by atoms with Gasteiger partial charge in [0.25, 0.3) is 0 Å². The molecule has 0 radical (unpaired) electrons. The van der Waals surface area contributed by atoms with Gasteiger partial charge in [-0.15, -0.1) is 0 Å². The van der Waals surface area contributed by atoms with Crippen molar-refractivity contribution in [3.05, 3.63) is 59.2 Å². The van der Waals surface area contributed by atoms with Gasteiger partial charge in [-0.05, 0) is 42.3 Å². The molecular formula is C17H15F2NO3. The molecule has 2 aromatic carbocycles. The predicted molar refractivity (Wildman–Crippen MR) is 80.2 cm³/mol. The third-order valence-corrected chi connectivity index (χ3v) is 3.71. The largest absolute Gasteiger partial charge is 0.491 e. The molecule has 1 unspecified atom stereocenters. The molecule has 120 valence electrons. The number of hydrogen-bond acceptors (Lipinski definition) is 3. The van der Waals surface area contributed by atoms with Crippen molar-refractivity contribution in [1.29, 1.82) is 0 Å². The normalized spacial score (nSPS) is 14.8. The van der Waals surface area contributed by atoms with E-state index in [9.17, 15) is 18.7 Å². The third kappa shape index (κ3) is 3.32. The molecule has 2 aromatic rings. The van der Waals surface area contributed by atoms with E-state index in [0.717, 1.165) is 23.4 Å². The van der Waals surface area contributed by atoms with Gasteiger partial charge in [0.15, 0.2) is 0 Å². The number of carbonyl (C=O) groups excluding carboxylic acids is 1. The van der Waals surface area contributed by atoms with Crippen LogP contribution in [0.3, 0.4) is 0 Å². The van der Waals surface area contributed by atoms with Crippen LogP contribution in [-0.2, 0) is 11.2 Å². The molecular weight excluding hydrogens is 304 g/mol. The van der Waals surface area contributed by atoms with Crippen LogP contribution in [0, 0.1) is 11.6 Å². The minimum atomic E-state index is -1.41. The molecule has 23 heavy (non-hydrogen) atoms. The van der Waals surface area contributed by atoms with Gasteiger partial charge in [0, 0.05) is 12.1 Å². The lowest BCUT2D eigenvalue weighted by Crippen LogP contribution is -2.19. The van der Waals surface area contributed by atoms with Gasteiger partial charge in [-0.1, -0.05) is 6.07 Å². The fraction of sp³-hybridized carbons (Fsp3) is 0.235. The Morgan fingerprint density at radius 1 is 1.17 bits per heavy atom. The quantitative estimate of drug-likeness (QED) is 0.911. The molecule has 6 heteroatoms. The van der Waals surface area contributed by atoms with Crippen molar-refractivity contribution >= 4 is 11.6 Å². The van der Waals surface area contributed by atoms with Crippen LogP contribution < -0.4 is 10.1 Å². The summed E-state index contributed by atoms with van der Waals surface area (Å²) in [6.45, 7) is -0.275. The Hall–Kier alpha value is -2.47. The molecule has 0 spiro atoms. The number of ether oxygens (including phenoxy) is 1. The molecule has 1 heterocycles. The molecule has 4 nitrogen and oxygen atoms in total. The summed E-state index contributed by atoms with van der Waals surface area (Å²) in [7, 11) is 0. The first-order chi connectivity index (χ1) is 11.0. The van der Waals surface area contributed by atoms with Crippen molar-refractivity contribution in [3.63, 3.8) is 0 Å². The van der Waals surface area contributed by atoms with Crippen LogP contribution in [0.1, 0.15) is 23.7 Å². The van der Waals surface area contributed by atoms with Gasteiger partial charge in [-0.25, -0.2) is 8.78 Å². The molecule has 0 bridgehead atoms. The van der Waals surface area contributed by atoms with Gasteiger partial charge >= 0.3 is 0 Å². The van der Waals surface area contributed by atoms with E-state index in [0.29, 0.717) is 18.6 Å². The van der Waals surface area contributed by atoms with E-state index in [1.165, 1.54) is 6.07 Å². The maximum atomic E-state index is 13.6. The van der Waals surface area contributed by atoms with E-state index in [1.54, 1.807) is 18.2 Å². The molecule has 0 aliphatic carbocycles. The number of aliphatic hydroxyl groups is 1. The maximum absolute atomic E-state index is 13.6. The van der Waals surface area contributed by atoms with Crippen LogP contribution in [0.5, 0.6) is 5.75 Å². The zero-order valence-electron chi connectivity index (χ0n) is 12.2. The average Bonchev–Trinajstić information content (AvgIpc) is 2.52. The van der Waals surface area contributed by atoms with Crippen LogP contribution in [0.15, 0.2) is 36.4 Å². The highest BCUT2D eigenvalue weighted by Gasteiger charge is 2.19. The highest BCUT2D eigenvalue weighted by Crippen LogP contribution is 2.28. The summed E-state index contributed by atoms with van der Waals surface area (Å²) in [6.07, 6.45) is -0.408. The Balaban J connectivity index is 1.70. The first-order valence-electron chi connectivity index (χ1n) is 7.22. The summed E-state index contributed by atoms with van der Waals surface area (Å²) in [5.41, 5.74) is 1.25. The fourth-order valence-corrected chi connectivity index (χ4v) is 2.54. The van der Waals surface area contributed by atoms with Gasteiger partial charge in [0.05, 0.1) is 5.56 Å². The molecule has 0 aromatic heterocycles. The van der Waals surface area contributed by atoms with Crippen molar-refractivity contribution < 1.29 is 23.4 Å². The van der Waals surface area contributed by atoms with E-state index in [1.807, 2.05) is 0 Å². The molecule has 0 saturated carbocycles. The highest BCUT2D eigenvalue weighted by molar-refractivity contribution is 5.93. The van der Waals surface area contributed by atoms with Gasteiger partial charge < -0.3 is 15.2 Å². The summed E-state index contributed by atoms with van der Waals surface area (Å²) in [5, 5.41) is 12.7. The van der Waals surface area contributed by atoms with Crippen molar-refractivity contribution in [3.8, 4) is 5.75 Å². The van der Waals surface area contributed by atoms with Crippen LogP contribution in [0.4, 0.5) is 14.5 Å². The van der Waals surface area contributed by atoms with Crippen LogP contribution in [-0.4, -0.2) is 17.6 Å². The van der Waals surface area contributed by atoms with Crippen LogP contribution in [0.25, 0.3) is 0 Å². The third-order valence-electron chi connectivity index (χ3n) is 3.71. The second kappa shape index (κ2) is 6.34. The second-order valence-corrected chi connectivity index (χ2v) is 5.33. The summed E-state index contributed by atoms with van der Waals surface area (Å²) in [5.74, 6) is -1.18. The molecule has 1 atom stereocenters. The summed E-state index contributed by atoms with van der Waals surface area (Å²) >= 11 is 0. The van der Waals surface area contributed by atoms with Crippen LogP contribution >= 0.6 is 0 Å². The summed E-state index contributed by atoms with van der Waals surface area (Å²) in [4.78, 5) is 11.3. The summed E-state index contributed by atoms with van der Waals surface area (Å²) < 4.78 is 32.6. The number of rotatable bonds is 4. The number of hydrogen-bond donors (Lipinski definition) is 2. The van der Waals surface area contributed by atoms with E-state index in [-0.39, 0.29) is 12.5 Å². The Kier molecular flexibility index (Phi) is 4.25. The second-order valence-electron chi connectivity index (χ2n) is 5.33. The average molecular weight is 319 g/mol. The Bertz CT molecular complexity index is 728. The number of anilines is 1. The van der Waals surface area contributed by atoms with Gasteiger partial charge in [-0.3, -0.25) is 4.79 Å². The Morgan fingerprint density at radius 3 is 2.65 bits per heavy atom. The number of nitrogens with one attached hydrogen (secondary N) is 1. The van der Waals surface area contributed by atoms with E-state index >= 15 is 0 Å². The lowest BCUT2D eigenvalue weighted by molar-refractivity contribution is -0.116. The number of aliphatic hydroxyl groups excluding tert-OH is 1. The number of carbonyl (C=O) groups is 1. The minimum absolute atomic E-state index is 0.0309. The maximum Gasteiger partial charge on any atom is 0.224 e. The number of fused-ring (bicyclic) bond motifs is 1. The zero-order chi connectivity index (χ0) is 16.4. The molecule has 3 rings (SSSR count). The van der Waals surface area contributed by atoms with Gasteiger partial charge in [0.2, 0.25) is 5.91 Å². The smallest absolute Gasteiger partial charge is 0.224 e. The van der Waals surface area contributed by atoms with E-state index < -0.39 is 23.3 Å². The highest BCUT2D eigenvalue weighted by atomic mass is 19.1. The molecule has 0 fully saturated rings. The van der Waals surface area contributed by atoms with Crippen LogP contribution in [0.2, 0.25) is 0 Å². The summed E-state index contributed by atoms with van der Waals surface area (Å²) in [6, 6.07) is 8.50. The first kappa shape index (κ1) is 15.4. The molecule has 0 saturated heterocycles. The molecule has 1 amide bonds. The van der Waals surface area contributed by atoms with Gasteiger partial charge in [0.1, 0.15) is 30.1 Å². The van der Waals surface area contributed by atoms with Crippen molar-refractivity contribution in [2.75, 3.05) is 11.9 Å². The van der Waals surface area contributed by atoms with Crippen molar-refractivity contribution in [2.45, 2.75) is 18.9 Å². The monoisotopic (exact) mass is 319 g/mol. The Labute approximate surface area is 131 Å². The molecule has 2 N–H and O–H groups in total. The molecule has 1 aliphatic heterocycles. The standard InChI is InChI=1S/C17H15F2NO3/c18-12-2-1-3-13(19)17(12)15(21)9-23-11-5-6-14-10(8-11)4-7-16(22)20-14/h1-3,5-6,8,15,21H,4,7,9H2,(H,20,22). The van der Waals surface area contributed by atoms with Gasteiger partial charge in [-0.2, -0.15) is 0 Å². The van der Waals surface area contributed by atoms with Crippen molar-refractivity contribution in [2.24, 2.45) is 0 Å². The number of halogens is 2. The molecule has 1 aliphatic rings. The van der Waals surface area contributed by atoms with E-state index in [4.69, 9.17) is 4.74 Å². The minimum Gasteiger partial charge on any atom is -0.491 e. The lowest BCUT2D eigenvalue weighted by atomic mass is 10.0. The lowest BCUT2D eigenvalue weighted by Gasteiger charge is -2.19. The predicted octanol–water partition coefficient (Wildman–Crippen LogP) is 2.96.